The van der Waals surface area contributed by atoms with Gasteiger partial charge in [0.25, 0.3) is 0 Å². The van der Waals surface area contributed by atoms with E-state index in [9.17, 15) is 4.79 Å². The van der Waals surface area contributed by atoms with Gasteiger partial charge in [0, 0.05) is 17.0 Å². The van der Waals surface area contributed by atoms with Crippen molar-refractivity contribution in [2.75, 3.05) is 0 Å². The van der Waals surface area contributed by atoms with Gasteiger partial charge >= 0.3 is 6.03 Å². The van der Waals surface area contributed by atoms with E-state index in [0.29, 0.717) is 33.3 Å². The fraction of sp³-hybridized carbons (Fsp3) is 0.375. The molecule has 4 rings (SSSR count). The number of amides is 1. The molecule has 0 atom stereocenters. The zero-order valence-electron chi connectivity index (χ0n) is 12.9. The molecule has 6 nitrogen and oxygen atoms in total. The Morgan fingerprint density at radius 3 is 2.74 bits per heavy atom. The van der Waals surface area contributed by atoms with Crippen LogP contribution in [0.15, 0.2) is 18.2 Å². The predicted molar refractivity (Wildman–Crippen MR) is 88.9 cm³/mol. The highest BCUT2D eigenvalue weighted by Crippen LogP contribution is 2.40. The molecule has 0 saturated heterocycles. The first-order valence-electron chi connectivity index (χ1n) is 7.69. The quantitative estimate of drug-likeness (QED) is 0.781. The minimum atomic E-state index is -0.202. The van der Waals surface area contributed by atoms with Crippen molar-refractivity contribution in [3.05, 3.63) is 29.0 Å². The highest BCUT2D eigenvalue weighted by atomic mass is 35.5. The van der Waals surface area contributed by atoms with Gasteiger partial charge in [0.05, 0.1) is 11.0 Å². The number of carbonyl (C=O) groups excluding carboxylic acids is 1. The van der Waals surface area contributed by atoms with E-state index in [-0.39, 0.29) is 12.1 Å². The van der Waals surface area contributed by atoms with Crippen LogP contribution in [0.3, 0.4) is 0 Å². The molecule has 2 aromatic heterocycles. The van der Waals surface area contributed by atoms with Gasteiger partial charge in [-0.3, -0.25) is 0 Å². The summed E-state index contributed by atoms with van der Waals surface area (Å²) in [6.07, 6.45) is 2.09. The summed E-state index contributed by atoms with van der Waals surface area (Å²) in [7, 11) is 0. The standard InChI is InChI=1S/C16H16ClN5O/c1-8(2)18-16(23)22-14(9-3-4-9)21-13-15(22)20-11-6-5-10(17)7-12(11)19-13/h5-9H,3-4H2,1-2H3,(H,18,23). The molecule has 3 aromatic rings. The van der Waals surface area contributed by atoms with Crippen LogP contribution in [0.4, 0.5) is 4.79 Å². The lowest BCUT2D eigenvalue weighted by Crippen LogP contribution is -2.35. The maximum atomic E-state index is 12.6. The average Bonchev–Trinajstić information content (AvgIpc) is 3.25. The lowest BCUT2D eigenvalue weighted by atomic mass is 10.3. The summed E-state index contributed by atoms with van der Waals surface area (Å²) < 4.78 is 1.58. The van der Waals surface area contributed by atoms with Crippen molar-refractivity contribution in [1.82, 2.24) is 24.8 Å². The van der Waals surface area contributed by atoms with Gasteiger partial charge in [-0.2, -0.15) is 0 Å². The van der Waals surface area contributed by atoms with Crippen LogP contribution in [0, 0.1) is 0 Å². The van der Waals surface area contributed by atoms with E-state index in [1.807, 2.05) is 13.8 Å². The molecule has 0 unspecified atom stereocenters. The van der Waals surface area contributed by atoms with Crippen LogP contribution < -0.4 is 5.32 Å². The molecular weight excluding hydrogens is 314 g/mol. The number of nitrogens with one attached hydrogen (secondary N) is 1. The summed E-state index contributed by atoms with van der Waals surface area (Å²) in [5.74, 6) is 1.06. The van der Waals surface area contributed by atoms with Crippen molar-refractivity contribution < 1.29 is 4.79 Å². The fourth-order valence-corrected chi connectivity index (χ4v) is 2.79. The van der Waals surface area contributed by atoms with Crippen molar-refractivity contribution in [3.8, 4) is 0 Å². The average molecular weight is 330 g/mol. The smallest absolute Gasteiger partial charge is 0.328 e. The molecule has 1 fully saturated rings. The van der Waals surface area contributed by atoms with E-state index < -0.39 is 0 Å². The van der Waals surface area contributed by atoms with Crippen LogP contribution in [-0.2, 0) is 0 Å². The lowest BCUT2D eigenvalue weighted by Gasteiger charge is -2.11. The Morgan fingerprint density at radius 2 is 2.04 bits per heavy atom. The molecule has 2 heterocycles. The molecule has 118 valence electrons. The Bertz CT molecular complexity index is 929. The summed E-state index contributed by atoms with van der Waals surface area (Å²) in [6.45, 7) is 3.85. The van der Waals surface area contributed by atoms with Crippen molar-refractivity contribution in [2.24, 2.45) is 0 Å². The molecule has 0 spiro atoms. The largest absolute Gasteiger partial charge is 0.335 e. The molecule has 1 aliphatic rings. The van der Waals surface area contributed by atoms with Crippen LogP contribution in [0.2, 0.25) is 5.02 Å². The summed E-state index contributed by atoms with van der Waals surface area (Å²) in [5.41, 5.74) is 2.37. The van der Waals surface area contributed by atoms with Gasteiger partial charge in [0.15, 0.2) is 11.3 Å². The first kappa shape index (κ1) is 14.4. The highest BCUT2D eigenvalue weighted by molar-refractivity contribution is 6.31. The predicted octanol–water partition coefficient (Wildman–Crippen LogP) is 3.48. The lowest BCUT2D eigenvalue weighted by molar-refractivity contribution is 0.240. The zero-order chi connectivity index (χ0) is 16.1. The van der Waals surface area contributed by atoms with Crippen LogP contribution >= 0.6 is 11.6 Å². The number of nitrogens with zero attached hydrogens (tertiary/aromatic N) is 4. The number of halogens is 1. The molecule has 0 radical (unpaired) electrons. The topological polar surface area (TPSA) is 72.7 Å². The Labute approximate surface area is 137 Å². The number of imidazole rings is 1. The second kappa shape index (κ2) is 5.16. The van der Waals surface area contributed by atoms with Gasteiger partial charge in [-0.25, -0.2) is 24.3 Å². The van der Waals surface area contributed by atoms with Crippen molar-refractivity contribution in [3.63, 3.8) is 0 Å². The van der Waals surface area contributed by atoms with Crippen LogP contribution in [0.5, 0.6) is 0 Å². The summed E-state index contributed by atoms with van der Waals surface area (Å²) >= 11 is 6.02. The normalized spacial score (nSPS) is 14.8. The number of benzene rings is 1. The van der Waals surface area contributed by atoms with Crippen LogP contribution in [-0.4, -0.2) is 31.6 Å². The number of aromatic nitrogens is 4. The molecule has 7 heteroatoms. The second-order valence-corrected chi connectivity index (χ2v) is 6.62. The molecule has 0 aliphatic heterocycles. The first-order valence-corrected chi connectivity index (χ1v) is 8.07. The maximum absolute atomic E-state index is 12.6. The van der Waals surface area contributed by atoms with E-state index in [0.717, 1.165) is 18.7 Å². The zero-order valence-corrected chi connectivity index (χ0v) is 13.6. The van der Waals surface area contributed by atoms with Gasteiger partial charge < -0.3 is 5.32 Å². The Kier molecular flexibility index (Phi) is 3.23. The van der Waals surface area contributed by atoms with E-state index in [2.05, 4.69) is 20.3 Å². The number of hydrogen-bond donors (Lipinski definition) is 1. The molecule has 1 aliphatic carbocycles. The first-order chi connectivity index (χ1) is 11.0. The van der Waals surface area contributed by atoms with Crippen molar-refractivity contribution in [1.29, 1.82) is 0 Å². The van der Waals surface area contributed by atoms with E-state index in [1.165, 1.54) is 0 Å². The third-order valence-electron chi connectivity index (χ3n) is 3.81. The molecule has 1 saturated carbocycles. The molecule has 1 aromatic carbocycles. The van der Waals surface area contributed by atoms with E-state index >= 15 is 0 Å². The number of carbonyl (C=O) groups is 1. The molecule has 1 N–H and O–H groups in total. The van der Waals surface area contributed by atoms with Gasteiger partial charge in [-0.05, 0) is 44.9 Å². The van der Waals surface area contributed by atoms with Crippen molar-refractivity contribution >= 4 is 40.0 Å². The summed E-state index contributed by atoms with van der Waals surface area (Å²) in [6, 6.07) is 5.17. The van der Waals surface area contributed by atoms with Gasteiger partial charge in [-0.1, -0.05) is 11.6 Å². The number of rotatable bonds is 2. The van der Waals surface area contributed by atoms with Gasteiger partial charge in [-0.15, -0.1) is 0 Å². The second-order valence-electron chi connectivity index (χ2n) is 6.19. The van der Waals surface area contributed by atoms with E-state index in [1.54, 1.807) is 22.8 Å². The minimum absolute atomic E-state index is 0.0409. The Hall–Kier alpha value is -2.21. The highest BCUT2D eigenvalue weighted by Gasteiger charge is 2.32. The van der Waals surface area contributed by atoms with Crippen LogP contribution in [0.1, 0.15) is 38.4 Å². The fourth-order valence-electron chi connectivity index (χ4n) is 2.63. The van der Waals surface area contributed by atoms with Crippen LogP contribution in [0.25, 0.3) is 22.3 Å². The summed E-state index contributed by atoms with van der Waals surface area (Å²) in [5, 5.41) is 3.52. The molecule has 23 heavy (non-hydrogen) atoms. The third kappa shape index (κ3) is 2.53. The summed E-state index contributed by atoms with van der Waals surface area (Å²) in [4.78, 5) is 26.3. The maximum Gasteiger partial charge on any atom is 0.328 e. The Balaban J connectivity index is 1.96. The molecule has 0 bridgehead atoms. The minimum Gasteiger partial charge on any atom is -0.335 e. The van der Waals surface area contributed by atoms with Gasteiger partial charge in [0.2, 0.25) is 0 Å². The number of hydrogen-bond acceptors (Lipinski definition) is 4. The van der Waals surface area contributed by atoms with Gasteiger partial charge in [0.1, 0.15) is 5.82 Å². The Morgan fingerprint density at radius 1 is 1.26 bits per heavy atom. The monoisotopic (exact) mass is 329 g/mol. The van der Waals surface area contributed by atoms with E-state index in [4.69, 9.17) is 11.6 Å². The van der Waals surface area contributed by atoms with Crippen molar-refractivity contribution in [2.45, 2.75) is 38.6 Å². The third-order valence-corrected chi connectivity index (χ3v) is 4.04. The molecule has 1 amide bonds. The molecular formula is C16H16ClN5O. The number of fused-ring (bicyclic) bond motifs is 2. The SMILES string of the molecule is CC(C)NC(=O)n1c(C2CC2)nc2nc3cc(Cl)ccc3nc21.